The third-order valence-corrected chi connectivity index (χ3v) is 4.35. The molecule has 2 aromatic carbocycles. The quantitative estimate of drug-likeness (QED) is 0.826. The third-order valence-electron chi connectivity index (χ3n) is 4.35. The van der Waals surface area contributed by atoms with E-state index in [4.69, 9.17) is 4.74 Å². The molecule has 23 heavy (non-hydrogen) atoms. The van der Waals surface area contributed by atoms with Crippen LogP contribution >= 0.6 is 12.4 Å². The maximum absolute atomic E-state index is 9.31. The number of hydrogen-bond acceptors (Lipinski definition) is 3. The molecule has 0 aliphatic carbocycles. The monoisotopic (exact) mass is 328 g/mol. The number of rotatable bonds is 3. The number of nitriles is 1. The van der Waals surface area contributed by atoms with Crippen LogP contribution in [0.5, 0.6) is 11.5 Å². The van der Waals surface area contributed by atoms with E-state index in [0.29, 0.717) is 5.92 Å². The molecule has 3 nitrogen and oxygen atoms in total. The molecule has 4 heteroatoms. The first-order valence-electron chi connectivity index (χ1n) is 7.69. The Labute approximate surface area is 143 Å². The number of hydrogen-bond donors (Lipinski definition) is 0. The van der Waals surface area contributed by atoms with Crippen LogP contribution in [0.4, 0.5) is 0 Å². The van der Waals surface area contributed by atoms with Crippen molar-refractivity contribution in [2.45, 2.75) is 24.8 Å². The van der Waals surface area contributed by atoms with Crippen LogP contribution in [-0.2, 0) is 0 Å². The van der Waals surface area contributed by atoms with E-state index in [1.165, 1.54) is 5.56 Å². The van der Waals surface area contributed by atoms with Crippen LogP contribution in [0.25, 0.3) is 0 Å². The highest BCUT2D eigenvalue weighted by Crippen LogP contribution is 2.37. The van der Waals surface area contributed by atoms with Crippen LogP contribution < -0.4 is 4.74 Å². The highest BCUT2D eigenvalue weighted by atomic mass is 35.5. The number of halogens is 1. The van der Waals surface area contributed by atoms with Crippen molar-refractivity contribution < 1.29 is 4.74 Å². The number of nitrogens with zero attached hydrogens (tertiary/aromatic N) is 2. The summed E-state index contributed by atoms with van der Waals surface area (Å²) in [6.45, 7) is 0.947. The molecule has 1 aliphatic rings. The van der Waals surface area contributed by atoms with Gasteiger partial charge in [0.2, 0.25) is 0 Å². The zero-order valence-corrected chi connectivity index (χ0v) is 14.0. The van der Waals surface area contributed by atoms with Gasteiger partial charge in [0, 0.05) is 0 Å². The summed E-state index contributed by atoms with van der Waals surface area (Å²) in [6, 6.07) is 20.4. The summed E-state index contributed by atoms with van der Waals surface area (Å²) in [5, 5.41) is 9.31. The van der Waals surface area contributed by atoms with Gasteiger partial charge in [-0.1, -0.05) is 36.4 Å². The SMILES string of the molecule is CN1CCC(c2ccccc2Oc2ccccc2)CC1C#N.Cl. The Bertz CT molecular complexity index is 669. The van der Waals surface area contributed by atoms with Gasteiger partial charge >= 0.3 is 0 Å². The van der Waals surface area contributed by atoms with Crippen LogP contribution in [0.2, 0.25) is 0 Å². The average Bonchev–Trinajstić information content (AvgIpc) is 2.57. The van der Waals surface area contributed by atoms with E-state index in [0.717, 1.165) is 30.9 Å². The van der Waals surface area contributed by atoms with E-state index in [1.54, 1.807) is 0 Å². The second-order valence-electron chi connectivity index (χ2n) is 5.80. The van der Waals surface area contributed by atoms with Crippen molar-refractivity contribution >= 4 is 12.4 Å². The fourth-order valence-electron chi connectivity index (χ4n) is 3.04. The van der Waals surface area contributed by atoms with Gasteiger partial charge in [0.25, 0.3) is 0 Å². The summed E-state index contributed by atoms with van der Waals surface area (Å²) in [5.41, 5.74) is 1.21. The Morgan fingerprint density at radius 2 is 1.78 bits per heavy atom. The minimum atomic E-state index is -0.0106. The fraction of sp³-hybridized carbons (Fsp3) is 0.316. The molecule has 2 aromatic rings. The van der Waals surface area contributed by atoms with Crippen molar-refractivity contribution in [3.63, 3.8) is 0 Å². The number of likely N-dealkylation sites (tertiary alicyclic amines) is 1. The molecule has 0 saturated carbocycles. The molecule has 1 heterocycles. The van der Waals surface area contributed by atoms with Gasteiger partial charge in [-0.05, 0) is 56.1 Å². The van der Waals surface area contributed by atoms with Crippen molar-refractivity contribution in [3.05, 3.63) is 60.2 Å². The molecule has 1 saturated heterocycles. The molecule has 0 spiro atoms. The number of benzene rings is 2. The predicted molar refractivity (Wildman–Crippen MR) is 94.2 cm³/mol. The molecular formula is C19H21ClN2O. The minimum Gasteiger partial charge on any atom is -0.457 e. The second-order valence-corrected chi connectivity index (χ2v) is 5.80. The van der Waals surface area contributed by atoms with Gasteiger partial charge in [0.15, 0.2) is 0 Å². The van der Waals surface area contributed by atoms with Gasteiger partial charge in [-0.25, -0.2) is 0 Å². The van der Waals surface area contributed by atoms with Gasteiger partial charge in [0.1, 0.15) is 11.5 Å². The molecular weight excluding hydrogens is 308 g/mol. The van der Waals surface area contributed by atoms with Crippen LogP contribution in [0.15, 0.2) is 54.6 Å². The first-order chi connectivity index (χ1) is 10.8. The molecule has 0 amide bonds. The Morgan fingerprint density at radius 3 is 2.52 bits per heavy atom. The van der Waals surface area contributed by atoms with Gasteiger partial charge in [-0.2, -0.15) is 5.26 Å². The molecule has 0 N–H and O–H groups in total. The first kappa shape index (κ1) is 17.3. The zero-order valence-electron chi connectivity index (χ0n) is 13.2. The Kier molecular flexibility index (Phi) is 6.04. The summed E-state index contributed by atoms with van der Waals surface area (Å²) < 4.78 is 6.06. The van der Waals surface area contributed by atoms with Crippen molar-refractivity contribution in [1.82, 2.24) is 4.90 Å². The summed E-state index contributed by atoms with van der Waals surface area (Å²) in [7, 11) is 2.02. The predicted octanol–water partition coefficient (Wildman–Crippen LogP) is 4.60. The van der Waals surface area contributed by atoms with Crippen molar-refractivity contribution in [2.24, 2.45) is 0 Å². The topological polar surface area (TPSA) is 36.3 Å². The highest BCUT2D eigenvalue weighted by molar-refractivity contribution is 5.85. The molecule has 0 aromatic heterocycles. The van der Waals surface area contributed by atoms with Gasteiger partial charge in [-0.15, -0.1) is 12.4 Å². The van der Waals surface area contributed by atoms with E-state index < -0.39 is 0 Å². The summed E-state index contributed by atoms with van der Waals surface area (Å²) in [5.74, 6) is 2.13. The van der Waals surface area contributed by atoms with E-state index in [2.05, 4.69) is 17.0 Å². The maximum atomic E-state index is 9.31. The Balaban J connectivity index is 0.00000192. The second kappa shape index (κ2) is 8.01. The van der Waals surface area contributed by atoms with Crippen LogP contribution in [0, 0.1) is 11.3 Å². The fourth-order valence-corrected chi connectivity index (χ4v) is 3.04. The van der Waals surface area contributed by atoms with Crippen LogP contribution in [0.1, 0.15) is 24.3 Å². The lowest BCUT2D eigenvalue weighted by Crippen LogP contribution is -2.38. The zero-order chi connectivity index (χ0) is 15.4. The highest BCUT2D eigenvalue weighted by Gasteiger charge is 2.28. The molecule has 0 bridgehead atoms. The molecule has 3 rings (SSSR count). The first-order valence-corrected chi connectivity index (χ1v) is 7.69. The Morgan fingerprint density at radius 1 is 1.09 bits per heavy atom. The smallest absolute Gasteiger partial charge is 0.130 e. The average molecular weight is 329 g/mol. The molecule has 2 unspecified atom stereocenters. The molecule has 0 radical (unpaired) electrons. The van der Waals surface area contributed by atoms with Crippen molar-refractivity contribution in [1.29, 1.82) is 5.26 Å². The maximum Gasteiger partial charge on any atom is 0.130 e. The van der Waals surface area contributed by atoms with E-state index in [1.807, 2.05) is 55.6 Å². The number of piperidine rings is 1. The largest absolute Gasteiger partial charge is 0.457 e. The summed E-state index contributed by atoms with van der Waals surface area (Å²) >= 11 is 0. The number of ether oxygens (including phenoxy) is 1. The van der Waals surface area contributed by atoms with E-state index in [-0.39, 0.29) is 18.4 Å². The van der Waals surface area contributed by atoms with Gasteiger partial charge in [0.05, 0.1) is 12.1 Å². The molecule has 120 valence electrons. The van der Waals surface area contributed by atoms with Crippen molar-refractivity contribution in [3.8, 4) is 17.6 Å². The van der Waals surface area contributed by atoms with Crippen LogP contribution in [0.3, 0.4) is 0 Å². The van der Waals surface area contributed by atoms with Gasteiger partial charge in [-0.3, -0.25) is 4.90 Å². The molecule has 2 atom stereocenters. The lowest BCUT2D eigenvalue weighted by atomic mass is 9.85. The lowest BCUT2D eigenvalue weighted by Gasteiger charge is -2.33. The molecule has 1 aliphatic heterocycles. The van der Waals surface area contributed by atoms with E-state index >= 15 is 0 Å². The minimum absolute atomic E-state index is 0. The third kappa shape index (κ3) is 4.04. The van der Waals surface area contributed by atoms with Crippen molar-refractivity contribution in [2.75, 3.05) is 13.6 Å². The normalized spacial score (nSPS) is 21.0. The van der Waals surface area contributed by atoms with E-state index in [9.17, 15) is 5.26 Å². The Hall–Kier alpha value is -2.02. The lowest BCUT2D eigenvalue weighted by molar-refractivity contribution is 0.207. The summed E-state index contributed by atoms with van der Waals surface area (Å²) in [6.07, 6.45) is 1.92. The standard InChI is InChI=1S/C19H20N2O.ClH/c1-21-12-11-15(13-16(21)14-20)18-9-5-6-10-19(18)22-17-7-3-2-4-8-17;/h2-10,15-16H,11-13H2,1H3;1H. The van der Waals surface area contributed by atoms with Crippen LogP contribution in [-0.4, -0.2) is 24.5 Å². The van der Waals surface area contributed by atoms with Gasteiger partial charge < -0.3 is 4.74 Å². The summed E-state index contributed by atoms with van der Waals surface area (Å²) in [4.78, 5) is 2.14. The number of para-hydroxylation sites is 2. The molecule has 1 fully saturated rings.